The van der Waals surface area contributed by atoms with E-state index in [9.17, 15) is 0 Å². The van der Waals surface area contributed by atoms with E-state index >= 15 is 0 Å². The summed E-state index contributed by atoms with van der Waals surface area (Å²) in [6, 6.07) is 7.83. The molecule has 20 heavy (non-hydrogen) atoms. The highest BCUT2D eigenvalue weighted by Crippen LogP contribution is 2.33. The summed E-state index contributed by atoms with van der Waals surface area (Å²) < 4.78 is 6.42. The lowest BCUT2D eigenvalue weighted by Gasteiger charge is -2.23. The summed E-state index contributed by atoms with van der Waals surface area (Å²) in [4.78, 5) is 4.53. The zero-order valence-electron chi connectivity index (χ0n) is 11.3. The van der Waals surface area contributed by atoms with Gasteiger partial charge in [0.05, 0.1) is 5.54 Å². The van der Waals surface area contributed by atoms with Crippen LogP contribution in [0.2, 0.25) is 0 Å². The highest BCUT2D eigenvalue weighted by atomic mass is 79.9. The van der Waals surface area contributed by atoms with Crippen LogP contribution in [0.1, 0.15) is 44.3 Å². The number of rotatable bonds is 2. The number of nitrogens with zero attached hydrogens (tertiary/aromatic N) is 2. The first kappa shape index (κ1) is 13.8. The van der Waals surface area contributed by atoms with Gasteiger partial charge in [-0.15, -0.1) is 0 Å². The zero-order chi connectivity index (χ0) is 14.0. The highest BCUT2D eigenvalue weighted by molar-refractivity contribution is 9.10. The van der Waals surface area contributed by atoms with Gasteiger partial charge in [0, 0.05) is 10.0 Å². The van der Waals surface area contributed by atoms with Crippen molar-refractivity contribution in [3.05, 3.63) is 34.6 Å². The maximum absolute atomic E-state index is 6.50. The van der Waals surface area contributed by atoms with Crippen molar-refractivity contribution in [3.63, 3.8) is 0 Å². The number of halogens is 1. The van der Waals surface area contributed by atoms with E-state index in [1.807, 2.05) is 24.3 Å². The van der Waals surface area contributed by atoms with Crippen molar-refractivity contribution in [2.24, 2.45) is 5.73 Å². The van der Waals surface area contributed by atoms with Crippen LogP contribution >= 0.6 is 15.9 Å². The Labute approximate surface area is 126 Å². The van der Waals surface area contributed by atoms with Crippen molar-refractivity contribution in [2.75, 3.05) is 0 Å². The minimum Gasteiger partial charge on any atom is -0.334 e. The second-order valence-corrected chi connectivity index (χ2v) is 6.42. The van der Waals surface area contributed by atoms with Crippen LogP contribution in [-0.2, 0) is 5.54 Å². The fraction of sp³-hybridized carbons (Fsp3) is 0.467. The summed E-state index contributed by atoms with van der Waals surface area (Å²) in [6.45, 7) is 0. The fourth-order valence-corrected chi connectivity index (χ4v) is 2.98. The molecular formula is C15H18BrN3O. The number of benzene rings is 1. The first-order chi connectivity index (χ1) is 9.67. The van der Waals surface area contributed by atoms with Gasteiger partial charge in [-0.25, -0.2) is 0 Å². The molecule has 1 heterocycles. The topological polar surface area (TPSA) is 64.9 Å². The molecule has 0 unspecified atom stereocenters. The summed E-state index contributed by atoms with van der Waals surface area (Å²) in [7, 11) is 0. The third-order valence-electron chi connectivity index (χ3n) is 3.96. The quantitative estimate of drug-likeness (QED) is 0.842. The molecule has 2 N–H and O–H groups in total. The van der Waals surface area contributed by atoms with Gasteiger partial charge in [-0.2, -0.15) is 4.98 Å². The highest BCUT2D eigenvalue weighted by Gasteiger charge is 2.33. The second-order valence-electron chi connectivity index (χ2n) is 5.50. The molecule has 4 nitrogen and oxygen atoms in total. The summed E-state index contributed by atoms with van der Waals surface area (Å²) in [5.41, 5.74) is 7.00. The first-order valence-electron chi connectivity index (χ1n) is 7.06. The SMILES string of the molecule is NC1(c2noc(-c3ccc(Br)cc3)n2)CCCCCC1. The van der Waals surface area contributed by atoms with E-state index in [0.29, 0.717) is 11.7 Å². The van der Waals surface area contributed by atoms with Crippen molar-refractivity contribution in [1.29, 1.82) is 0 Å². The van der Waals surface area contributed by atoms with Crippen molar-refractivity contribution >= 4 is 15.9 Å². The third-order valence-corrected chi connectivity index (χ3v) is 4.49. The molecule has 1 fully saturated rings. The first-order valence-corrected chi connectivity index (χ1v) is 7.86. The average molecular weight is 336 g/mol. The predicted octanol–water partition coefficient (Wildman–Crippen LogP) is 4.01. The number of hydrogen-bond donors (Lipinski definition) is 1. The van der Waals surface area contributed by atoms with E-state index in [2.05, 4.69) is 26.1 Å². The molecule has 0 spiro atoms. The van der Waals surface area contributed by atoms with E-state index in [-0.39, 0.29) is 0 Å². The Morgan fingerprint density at radius 2 is 1.70 bits per heavy atom. The monoisotopic (exact) mass is 335 g/mol. The van der Waals surface area contributed by atoms with E-state index in [0.717, 1.165) is 35.7 Å². The molecule has 5 heteroatoms. The molecule has 0 bridgehead atoms. The van der Waals surface area contributed by atoms with Crippen LogP contribution in [0.5, 0.6) is 0 Å². The Morgan fingerprint density at radius 1 is 1.05 bits per heavy atom. The summed E-state index contributed by atoms with van der Waals surface area (Å²) >= 11 is 3.42. The van der Waals surface area contributed by atoms with Crippen LogP contribution in [0.15, 0.2) is 33.3 Å². The molecule has 1 aliphatic carbocycles. The van der Waals surface area contributed by atoms with Crippen LogP contribution in [0.3, 0.4) is 0 Å². The lowest BCUT2D eigenvalue weighted by Crippen LogP contribution is -2.37. The van der Waals surface area contributed by atoms with Crippen molar-refractivity contribution < 1.29 is 4.52 Å². The van der Waals surface area contributed by atoms with Crippen LogP contribution < -0.4 is 5.73 Å². The molecular weight excluding hydrogens is 318 g/mol. The number of hydrogen-bond acceptors (Lipinski definition) is 4. The van der Waals surface area contributed by atoms with Crippen LogP contribution in [-0.4, -0.2) is 10.1 Å². The van der Waals surface area contributed by atoms with Gasteiger partial charge < -0.3 is 10.3 Å². The summed E-state index contributed by atoms with van der Waals surface area (Å²) in [5, 5.41) is 4.13. The van der Waals surface area contributed by atoms with Crippen molar-refractivity contribution in [2.45, 2.75) is 44.1 Å². The van der Waals surface area contributed by atoms with Crippen LogP contribution in [0.4, 0.5) is 0 Å². The van der Waals surface area contributed by atoms with Gasteiger partial charge in [-0.1, -0.05) is 46.8 Å². The zero-order valence-corrected chi connectivity index (χ0v) is 12.9. The van der Waals surface area contributed by atoms with Crippen LogP contribution in [0.25, 0.3) is 11.5 Å². The van der Waals surface area contributed by atoms with E-state index in [1.165, 1.54) is 12.8 Å². The van der Waals surface area contributed by atoms with E-state index in [1.54, 1.807) is 0 Å². The molecule has 1 aromatic heterocycles. The van der Waals surface area contributed by atoms with Gasteiger partial charge in [0.1, 0.15) is 0 Å². The summed E-state index contributed by atoms with van der Waals surface area (Å²) in [6.07, 6.45) is 6.64. The Hall–Kier alpha value is -1.20. The fourth-order valence-electron chi connectivity index (χ4n) is 2.72. The Bertz CT molecular complexity index is 571. The average Bonchev–Trinajstić information content (AvgIpc) is 2.84. The smallest absolute Gasteiger partial charge is 0.257 e. The molecule has 3 rings (SSSR count). The molecule has 0 amide bonds. The molecule has 0 atom stereocenters. The Balaban J connectivity index is 1.87. The maximum atomic E-state index is 6.50. The summed E-state index contributed by atoms with van der Waals surface area (Å²) in [5.74, 6) is 1.19. The second kappa shape index (κ2) is 5.66. The molecule has 0 aliphatic heterocycles. The van der Waals surface area contributed by atoms with Gasteiger partial charge >= 0.3 is 0 Å². The third kappa shape index (κ3) is 2.79. The minimum atomic E-state index is -0.423. The lowest BCUT2D eigenvalue weighted by molar-refractivity contribution is 0.334. The Kier molecular flexibility index (Phi) is 3.89. The molecule has 0 radical (unpaired) electrons. The molecule has 106 valence electrons. The normalized spacial score (nSPS) is 18.7. The van der Waals surface area contributed by atoms with Gasteiger partial charge in [-0.05, 0) is 37.1 Å². The predicted molar refractivity (Wildman–Crippen MR) is 81.0 cm³/mol. The van der Waals surface area contributed by atoms with Crippen molar-refractivity contribution in [1.82, 2.24) is 10.1 Å². The molecule has 0 saturated heterocycles. The van der Waals surface area contributed by atoms with Gasteiger partial charge in [0.25, 0.3) is 5.89 Å². The van der Waals surface area contributed by atoms with Crippen molar-refractivity contribution in [3.8, 4) is 11.5 Å². The number of aromatic nitrogens is 2. The van der Waals surface area contributed by atoms with Gasteiger partial charge in [0.2, 0.25) is 0 Å². The number of nitrogens with two attached hydrogens (primary N) is 1. The van der Waals surface area contributed by atoms with Gasteiger partial charge in [0.15, 0.2) is 5.82 Å². The van der Waals surface area contributed by atoms with E-state index in [4.69, 9.17) is 10.3 Å². The Morgan fingerprint density at radius 3 is 2.35 bits per heavy atom. The van der Waals surface area contributed by atoms with E-state index < -0.39 is 5.54 Å². The molecule has 1 saturated carbocycles. The molecule has 1 aliphatic rings. The molecule has 1 aromatic carbocycles. The standard InChI is InChI=1S/C15H18BrN3O/c16-12-7-5-11(6-8-12)13-18-14(19-20-13)15(17)9-3-1-2-4-10-15/h5-8H,1-4,9-10,17H2. The van der Waals surface area contributed by atoms with Gasteiger partial charge in [-0.3, -0.25) is 0 Å². The lowest BCUT2D eigenvalue weighted by atomic mass is 9.91. The largest absolute Gasteiger partial charge is 0.334 e. The maximum Gasteiger partial charge on any atom is 0.257 e. The van der Waals surface area contributed by atoms with Crippen LogP contribution in [0, 0.1) is 0 Å². The molecule has 2 aromatic rings. The minimum absolute atomic E-state index is 0.423.